The van der Waals surface area contributed by atoms with E-state index in [1.165, 1.54) is 11.6 Å². The van der Waals surface area contributed by atoms with Crippen LogP contribution in [0, 0.1) is 0 Å². The molecule has 0 fully saturated rings. The van der Waals surface area contributed by atoms with Gasteiger partial charge < -0.3 is 14.9 Å². The van der Waals surface area contributed by atoms with Gasteiger partial charge in [-0.2, -0.15) is 0 Å². The first-order valence-corrected chi connectivity index (χ1v) is 6.47. The molecule has 1 heterocycles. The lowest BCUT2D eigenvalue weighted by Crippen LogP contribution is -2.10. The second-order valence-electron chi connectivity index (χ2n) is 5.03. The molecule has 4 nitrogen and oxygen atoms in total. The number of carbonyl (C=O) groups excluding carboxylic acids is 1. The summed E-state index contributed by atoms with van der Waals surface area (Å²) in [5.41, 5.74) is 2.67. The number of esters is 1. The van der Waals surface area contributed by atoms with Gasteiger partial charge in [0.1, 0.15) is 0 Å². The minimum absolute atomic E-state index is 0.477. The summed E-state index contributed by atoms with van der Waals surface area (Å²) >= 11 is 0. The van der Waals surface area contributed by atoms with E-state index in [2.05, 4.69) is 4.74 Å². The smallest absolute Gasteiger partial charge is 0.333 e. The summed E-state index contributed by atoms with van der Waals surface area (Å²) < 4.78 is 4.59. The molecule has 4 heteroatoms. The summed E-state index contributed by atoms with van der Waals surface area (Å²) in [4.78, 5) is 10.9. The van der Waals surface area contributed by atoms with Crippen LogP contribution in [0.5, 0.6) is 0 Å². The highest BCUT2D eigenvalue weighted by atomic mass is 16.6. The SMILES string of the molecule is CC(C)=CCC(O)C(C)=CCCC1=CC(=O)OC1O. The minimum Gasteiger partial charge on any atom is -0.429 e. The van der Waals surface area contributed by atoms with Gasteiger partial charge in [-0.25, -0.2) is 4.79 Å². The molecule has 0 bridgehead atoms. The lowest BCUT2D eigenvalue weighted by atomic mass is 10.0. The van der Waals surface area contributed by atoms with Crippen LogP contribution in [-0.2, 0) is 9.53 Å². The Labute approximate surface area is 114 Å². The molecular formula is C15H22O4. The lowest BCUT2D eigenvalue weighted by Gasteiger charge is -2.10. The van der Waals surface area contributed by atoms with Crippen LogP contribution >= 0.6 is 0 Å². The summed E-state index contributed by atoms with van der Waals surface area (Å²) in [5.74, 6) is -0.494. The number of aliphatic hydroxyl groups is 2. The third kappa shape index (κ3) is 5.41. The molecule has 0 amide bonds. The van der Waals surface area contributed by atoms with Crippen molar-refractivity contribution in [2.45, 2.75) is 52.4 Å². The number of rotatable bonds is 6. The van der Waals surface area contributed by atoms with Gasteiger partial charge in [0.25, 0.3) is 0 Å². The van der Waals surface area contributed by atoms with Crippen LogP contribution < -0.4 is 0 Å². The Morgan fingerprint density at radius 2 is 2.11 bits per heavy atom. The van der Waals surface area contributed by atoms with Crippen molar-refractivity contribution in [3.63, 3.8) is 0 Å². The molecule has 1 rings (SSSR count). The number of carbonyl (C=O) groups is 1. The van der Waals surface area contributed by atoms with Crippen molar-refractivity contribution in [3.05, 3.63) is 34.9 Å². The van der Waals surface area contributed by atoms with Crippen molar-refractivity contribution < 1.29 is 19.7 Å². The van der Waals surface area contributed by atoms with Gasteiger partial charge in [0.2, 0.25) is 6.29 Å². The number of hydrogen-bond acceptors (Lipinski definition) is 4. The van der Waals surface area contributed by atoms with Crippen LogP contribution in [0.1, 0.15) is 40.0 Å². The second kappa shape index (κ2) is 7.26. The maximum Gasteiger partial charge on any atom is 0.333 e. The fraction of sp³-hybridized carbons (Fsp3) is 0.533. The van der Waals surface area contributed by atoms with E-state index in [0.29, 0.717) is 24.8 Å². The molecule has 2 atom stereocenters. The van der Waals surface area contributed by atoms with Crippen molar-refractivity contribution in [3.8, 4) is 0 Å². The average molecular weight is 266 g/mol. The highest BCUT2D eigenvalue weighted by molar-refractivity contribution is 5.85. The Morgan fingerprint density at radius 1 is 1.42 bits per heavy atom. The van der Waals surface area contributed by atoms with Gasteiger partial charge in [0.15, 0.2) is 0 Å². The van der Waals surface area contributed by atoms with Crippen LogP contribution in [0.3, 0.4) is 0 Å². The minimum atomic E-state index is -1.10. The second-order valence-corrected chi connectivity index (χ2v) is 5.03. The predicted molar refractivity (Wildman–Crippen MR) is 73.2 cm³/mol. The fourth-order valence-electron chi connectivity index (χ4n) is 1.77. The first-order valence-electron chi connectivity index (χ1n) is 6.47. The van der Waals surface area contributed by atoms with Crippen LogP contribution in [0.15, 0.2) is 34.9 Å². The zero-order valence-electron chi connectivity index (χ0n) is 11.7. The van der Waals surface area contributed by atoms with Gasteiger partial charge in [-0.3, -0.25) is 0 Å². The largest absolute Gasteiger partial charge is 0.429 e. The van der Waals surface area contributed by atoms with E-state index < -0.39 is 18.4 Å². The number of ether oxygens (including phenoxy) is 1. The molecule has 19 heavy (non-hydrogen) atoms. The molecule has 106 valence electrons. The molecule has 1 aliphatic heterocycles. The molecular weight excluding hydrogens is 244 g/mol. The van der Waals surface area contributed by atoms with Gasteiger partial charge in [-0.1, -0.05) is 17.7 Å². The molecule has 0 aromatic heterocycles. The number of allylic oxidation sites excluding steroid dienone is 2. The monoisotopic (exact) mass is 266 g/mol. The maximum atomic E-state index is 10.9. The molecule has 0 aromatic rings. The first-order chi connectivity index (χ1) is 8.90. The normalized spacial score (nSPS) is 20.9. The molecule has 0 spiro atoms. The zero-order chi connectivity index (χ0) is 14.4. The topological polar surface area (TPSA) is 66.8 Å². The van der Waals surface area contributed by atoms with E-state index in [9.17, 15) is 15.0 Å². The van der Waals surface area contributed by atoms with Crippen LogP contribution in [-0.4, -0.2) is 28.6 Å². The Kier molecular flexibility index (Phi) is 5.99. The Bertz CT molecular complexity index is 414. The summed E-state index contributed by atoms with van der Waals surface area (Å²) in [6.45, 7) is 5.87. The predicted octanol–water partition coefficient (Wildman–Crippen LogP) is 2.23. The van der Waals surface area contributed by atoms with Gasteiger partial charge >= 0.3 is 5.97 Å². The van der Waals surface area contributed by atoms with Gasteiger partial charge in [0, 0.05) is 11.6 Å². The lowest BCUT2D eigenvalue weighted by molar-refractivity contribution is -0.151. The van der Waals surface area contributed by atoms with Crippen molar-refractivity contribution in [1.82, 2.24) is 0 Å². The van der Waals surface area contributed by atoms with Crippen LogP contribution in [0.4, 0.5) is 0 Å². The van der Waals surface area contributed by atoms with E-state index in [1.807, 2.05) is 32.9 Å². The van der Waals surface area contributed by atoms with Crippen molar-refractivity contribution in [2.24, 2.45) is 0 Å². The molecule has 0 aliphatic carbocycles. The highest BCUT2D eigenvalue weighted by Gasteiger charge is 2.22. The third-order valence-corrected chi connectivity index (χ3v) is 3.02. The Morgan fingerprint density at radius 3 is 2.63 bits per heavy atom. The summed E-state index contributed by atoms with van der Waals surface area (Å²) in [6, 6.07) is 0. The fourth-order valence-corrected chi connectivity index (χ4v) is 1.77. The molecule has 2 unspecified atom stereocenters. The molecule has 2 N–H and O–H groups in total. The Balaban J connectivity index is 2.42. The van der Waals surface area contributed by atoms with E-state index >= 15 is 0 Å². The zero-order valence-corrected chi connectivity index (χ0v) is 11.7. The number of hydrogen-bond donors (Lipinski definition) is 2. The first kappa shape index (κ1) is 15.7. The van der Waals surface area contributed by atoms with Crippen LogP contribution in [0.25, 0.3) is 0 Å². The maximum absolute atomic E-state index is 10.9. The van der Waals surface area contributed by atoms with E-state index in [1.54, 1.807) is 0 Å². The number of cyclic esters (lactones) is 1. The summed E-state index contributed by atoms with van der Waals surface area (Å²) in [5, 5.41) is 19.3. The molecule has 0 saturated heterocycles. The van der Waals surface area contributed by atoms with Gasteiger partial charge in [0.05, 0.1) is 6.10 Å². The molecule has 0 aromatic carbocycles. The van der Waals surface area contributed by atoms with Crippen molar-refractivity contribution in [1.29, 1.82) is 0 Å². The van der Waals surface area contributed by atoms with E-state index in [4.69, 9.17) is 0 Å². The molecule has 0 saturated carbocycles. The average Bonchev–Trinajstić information content (AvgIpc) is 2.64. The summed E-state index contributed by atoms with van der Waals surface area (Å²) in [6.07, 6.45) is 5.51. The standard InChI is InChI=1S/C15H22O4/c1-10(2)7-8-13(16)11(3)5-4-6-12-9-14(17)19-15(12)18/h5,7,9,13,15-16,18H,4,6,8H2,1-3H3. The third-order valence-electron chi connectivity index (χ3n) is 3.02. The van der Waals surface area contributed by atoms with Crippen molar-refractivity contribution >= 4 is 5.97 Å². The molecule has 0 radical (unpaired) electrons. The summed E-state index contributed by atoms with van der Waals surface area (Å²) in [7, 11) is 0. The van der Waals surface area contributed by atoms with Gasteiger partial charge in [-0.05, 0) is 45.6 Å². The highest BCUT2D eigenvalue weighted by Crippen LogP contribution is 2.19. The quantitative estimate of drug-likeness (QED) is 0.571. The molecule has 1 aliphatic rings. The van der Waals surface area contributed by atoms with E-state index in [-0.39, 0.29) is 0 Å². The van der Waals surface area contributed by atoms with E-state index in [0.717, 1.165) is 5.57 Å². The number of aliphatic hydroxyl groups excluding tert-OH is 2. The Hall–Kier alpha value is -1.39. The van der Waals surface area contributed by atoms with Crippen LogP contribution in [0.2, 0.25) is 0 Å². The van der Waals surface area contributed by atoms with Crippen molar-refractivity contribution in [2.75, 3.05) is 0 Å². The van der Waals surface area contributed by atoms with Gasteiger partial charge in [-0.15, -0.1) is 0 Å².